The van der Waals surface area contributed by atoms with Gasteiger partial charge >= 0.3 is 0 Å². The number of rotatable bonds is 5. The molecule has 1 aromatic rings. The van der Waals surface area contributed by atoms with Crippen LogP contribution in [0.25, 0.3) is 0 Å². The quantitative estimate of drug-likeness (QED) is 0.646. The van der Waals surface area contributed by atoms with Gasteiger partial charge in [-0.25, -0.2) is 0 Å². The summed E-state index contributed by atoms with van der Waals surface area (Å²) in [6.45, 7) is 2.48. The predicted octanol–water partition coefficient (Wildman–Crippen LogP) is -0.103. The highest BCUT2D eigenvalue weighted by molar-refractivity contribution is 5.90. The first-order valence-corrected chi connectivity index (χ1v) is 4.23. The number of nitrogens with two attached hydrogens (primary N) is 1. The summed E-state index contributed by atoms with van der Waals surface area (Å²) in [6.07, 6.45) is 0. The van der Waals surface area contributed by atoms with Gasteiger partial charge in [-0.05, 0) is 6.92 Å². The van der Waals surface area contributed by atoms with Gasteiger partial charge < -0.3 is 20.3 Å². The lowest BCUT2D eigenvalue weighted by atomic mass is 10.5. The Labute approximate surface area is 81.4 Å². The maximum atomic E-state index is 11.1. The molecule has 0 aliphatic rings. The number of carbonyl (C=O) groups is 1. The Kier molecular flexibility index (Phi) is 4.09. The molecular formula is C8H13N3O3. The molecule has 0 atom stereocenters. The van der Waals surface area contributed by atoms with E-state index in [0.717, 1.165) is 0 Å². The van der Waals surface area contributed by atoms with Crippen LogP contribution in [-0.4, -0.2) is 30.8 Å². The number of hydrogen-bond acceptors (Lipinski definition) is 5. The largest absolute Gasteiger partial charge is 0.370 e. The topological polar surface area (TPSA) is 90.4 Å². The third-order valence-corrected chi connectivity index (χ3v) is 1.39. The Morgan fingerprint density at radius 2 is 2.57 bits per heavy atom. The van der Waals surface area contributed by atoms with E-state index in [1.165, 1.54) is 0 Å². The van der Waals surface area contributed by atoms with Gasteiger partial charge in [-0.15, -0.1) is 0 Å². The van der Waals surface area contributed by atoms with Crippen molar-refractivity contribution in [3.8, 4) is 0 Å². The number of nitrogens with zero attached hydrogens (tertiary/aromatic N) is 1. The molecule has 0 unspecified atom stereocenters. The van der Waals surface area contributed by atoms with E-state index < -0.39 is 0 Å². The molecule has 14 heavy (non-hydrogen) atoms. The number of hydrogen-bond donors (Lipinski definition) is 2. The molecule has 0 saturated heterocycles. The lowest BCUT2D eigenvalue weighted by molar-refractivity contribution is -0.120. The van der Waals surface area contributed by atoms with Crippen molar-refractivity contribution < 1.29 is 14.1 Å². The fourth-order valence-electron chi connectivity index (χ4n) is 0.852. The number of amides is 1. The maximum absolute atomic E-state index is 11.1. The molecule has 0 aliphatic carbocycles. The van der Waals surface area contributed by atoms with Gasteiger partial charge in [-0.3, -0.25) is 4.79 Å². The third-order valence-electron chi connectivity index (χ3n) is 1.39. The SMILES string of the molecule is Cc1cc(NC(=O)COCCN)no1. The minimum Gasteiger partial charge on any atom is -0.370 e. The second kappa shape index (κ2) is 5.36. The van der Waals surface area contributed by atoms with Gasteiger partial charge in [0.1, 0.15) is 12.4 Å². The van der Waals surface area contributed by atoms with Crippen LogP contribution in [0.5, 0.6) is 0 Å². The monoisotopic (exact) mass is 199 g/mol. The van der Waals surface area contributed by atoms with Crippen LogP contribution in [-0.2, 0) is 9.53 Å². The highest BCUT2D eigenvalue weighted by Gasteiger charge is 2.05. The Morgan fingerprint density at radius 1 is 1.79 bits per heavy atom. The van der Waals surface area contributed by atoms with E-state index in [1.54, 1.807) is 13.0 Å². The summed E-state index contributed by atoms with van der Waals surface area (Å²) in [5.74, 6) is 0.763. The maximum Gasteiger partial charge on any atom is 0.251 e. The van der Waals surface area contributed by atoms with Crippen molar-refractivity contribution in [1.29, 1.82) is 0 Å². The summed E-state index contributed by atoms with van der Waals surface area (Å²) in [4.78, 5) is 11.1. The molecular weight excluding hydrogens is 186 g/mol. The molecule has 0 fully saturated rings. The Hall–Kier alpha value is -1.40. The molecule has 78 valence electrons. The van der Waals surface area contributed by atoms with Crippen LogP contribution in [0, 0.1) is 6.92 Å². The first-order valence-electron chi connectivity index (χ1n) is 4.23. The van der Waals surface area contributed by atoms with E-state index in [9.17, 15) is 4.79 Å². The van der Waals surface area contributed by atoms with Gasteiger partial charge in [-0.2, -0.15) is 0 Å². The zero-order chi connectivity index (χ0) is 10.4. The van der Waals surface area contributed by atoms with Gasteiger partial charge in [0, 0.05) is 12.6 Å². The minimum absolute atomic E-state index is 0.0247. The van der Waals surface area contributed by atoms with Gasteiger partial charge in [0.05, 0.1) is 6.61 Å². The van der Waals surface area contributed by atoms with Crippen LogP contribution in [0.3, 0.4) is 0 Å². The summed E-state index contributed by atoms with van der Waals surface area (Å²) in [7, 11) is 0. The van der Waals surface area contributed by atoms with Crippen LogP contribution in [0.2, 0.25) is 0 Å². The van der Waals surface area contributed by atoms with Crippen molar-refractivity contribution in [2.24, 2.45) is 5.73 Å². The Bertz CT molecular complexity index is 298. The third kappa shape index (κ3) is 3.55. The molecule has 0 radical (unpaired) electrons. The molecule has 0 bridgehead atoms. The average Bonchev–Trinajstić information content (AvgIpc) is 2.52. The fourth-order valence-corrected chi connectivity index (χ4v) is 0.852. The number of anilines is 1. The zero-order valence-electron chi connectivity index (χ0n) is 7.95. The van der Waals surface area contributed by atoms with E-state index in [-0.39, 0.29) is 12.5 Å². The lowest BCUT2D eigenvalue weighted by Crippen LogP contribution is -2.20. The lowest BCUT2D eigenvalue weighted by Gasteiger charge is -2.01. The van der Waals surface area contributed by atoms with Gasteiger partial charge in [0.15, 0.2) is 5.82 Å². The molecule has 6 heteroatoms. The molecule has 1 rings (SSSR count). The highest BCUT2D eigenvalue weighted by Crippen LogP contribution is 2.06. The second-order valence-electron chi connectivity index (χ2n) is 2.71. The van der Waals surface area contributed by atoms with Gasteiger partial charge in [-0.1, -0.05) is 5.16 Å². The van der Waals surface area contributed by atoms with Crippen molar-refractivity contribution in [3.05, 3.63) is 11.8 Å². The number of ether oxygens (including phenoxy) is 1. The Balaban J connectivity index is 2.27. The molecule has 0 saturated carbocycles. The summed E-state index contributed by atoms with van der Waals surface area (Å²) in [5, 5.41) is 6.11. The molecule has 3 N–H and O–H groups in total. The second-order valence-corrected chi connectivity index (χ2v) is 2.71. The molecule has 6 nitrogen and oxygen atoms in total. The standard InChI is InChI=1S/C8H13N3O3/c1-6-4-7(11-14-6)10-8(12)5-13-3-2-9/h4H,2-3,5,9H2,1H3,(H,10,11,12). The van der Waals surface area contributed by atoms with Crippen molar-refractivity contribution >= 4 is 11.7 Å². The van der Waals surface area contributed by atoms with Crippen LogP contribution in [0.4, 0.5) is 5.82 Å². The normalized spacial score (nSPS) is 10.1. The Morgan fingerprint density at radius 3 is 3.14 bits per heavy atom. The van der Waals surface area contributed by atoms with Crippen LogP contribution in [0.15, 0.2) is 10.6 Å². The van der Waals surface area contributed by atoms with Crippen LogP contribution in [0.1, 0.15) is 5.76 Å². The molecule has 1 amide bonds. The molecule has 0 aromatic carbocycles. The summed E-state index contributed by atoms with van der Waals surface area (Å²) >= 11 is 0. The number of carbonyl (C=O) groups excluding carboxylic acids is 1. The van der Waals surface area contributed by atoms with E-state index in [0.29, 0.717) is 24.7 Å². The first kappa shape index (κ1) is 10.7. The average molecular weight is 199 g/mol. The van der Waals surface area contributed by atoms with E-state index in [2.05, 4.69) is 10.5 Å². The summed E-state index contributed by atoms with van der Waals surface area (Å²) < 4.78 is 9.69. The number of aryl methyl sites for hydroxylation is 1. The summed E-state index contributed by atoms with van der Waals surface area (Å²) in [6, 6.07) is 1.63. The molecule has 0 spiro atoms. The van der Waals surface area contributed by atoms with Crippen LogP contribution < -0.4 is 11.1 Å². The molecule has 1 aromatic heterocycles. The minimum atomic E-state index is -0.272. The first-order chi connectivity index (χ1) is 6.72. The van der Waals surface area contributed by atoms with Crippen LogP contribution >= 0.6 is 0 Å². The number of nitrogens with one attached hydrogen (secondary N) is 1. The van der Waals surface area contributed by atoms with E-state index in [4.69, 9.17) is 15.0 Å². The zero-order valence-corrected chi connectivity index (χ0v) is 7.95. The van der Waals surface area contributed by atoms with E-state index >= 15 is 0 Å². The highest BCUT2D eigenvalue weighted by atomic mass is 16.5. The van der Waals surface area contributed by atoms with E-state index in [1.807, 2.05) is 0 Å². The molecule has 0 aliphatic heterocycles. The van der Waals surface area contributed by atoms with Crippen molar-refractivity contribution in [2.45, 2.75) is 6.92 Å². The predicted molar refractivity (Wildman–Crippen MR) is 49.7 cm³/mol. The van der Waals surface area contributed by atoms with Crippen molar-refractivity contribution in [2.75, 3.05) is 25.1 Å². The smallest absolute Gasteiger partial charge is 0.251 e. The molecule has 1 heterocycles. The van der Waals surface area contributed by atoms with Crippen molar-refractivity contribution in [3.63, 3.8) is 0 Å². The fraction of sp³-hybridized carbons (Fsp3) is 0.500. The number of aromatic nitrogens is 1. The van der Waals surface area contributed by atoms with Crippen molar-refractivity contribution in [1.82, 2.24) is 5.16 Å². The summed E-state index contributed by atoms with van der Waals surface area (Å²) in [5.41, 5.74) is 5.19. The van der Waals surface area contributed by atoms with Gasteiger partial charge in [0.25, 0.3) is 5.91 Å². The van der Waals surface area contributed by atoms with Gasteiger partial charge in [0.2, 0.25) is 0 Å².